The zero-order valence-corrected chi connectivity index (χ0v) is 14.5. The Hall–Kier alpha value is -3.29. The Bertz CT molecular complexity index is 977. The van der Waals surface area contributed by atoms with Crippen molar-refractivity contribution in [2.45, 2.75) is 33.4 Å². The van der Waals surface area contributed by atoms with Gasteiger partial charge in [-0.1, -0.05) is 36.3 Å². The summed E-state index contributed by atoms with van der Waals surface area (Å²) < 4.78 is 11.5. The van der Waals surface area contributed by atoms with E-state index in [0.717, 1.165) is 17.5 Å². The van der Waals surface area contributed by atoms with Gasteiger partial charge in [0.25, 0.3) is 11.4 Å². The second kappa shape index (κ2) is 7.73. The van der Waals surface area contributed by atoms with Gasteiger partial charge in [-0.05, 0) is 25.0 Å². The molecule has 3 rings (SSSR count). The molecule has 134 valence electrons. The molecule has 0 radical (unpaired) electrons. The summed E-state index contributed by atoms with van der Waals surface area (Å²) in [5.74, 6) is -0.0484. The molecular formula is C18H18N4O4. The van der Waals surface area contributed by atoms with Crippen LogP contribution in [-0.4, -0.2) is 25.9 Å². The van der Waals surface area contributed by atoms with Gasteiger partial charge in [-0.15, -0.1) is 0 Å². The molecule has 0 saturated carbocycles. The summed E-state index contributed by atoms with van der Waals surface area (Å²) in [6, 6.07) is 10.3. The Morgan fingerprint density at radius 1 is 1.23 bits per heavy atom. The van der Waals surface area contributed by atoms with Gasteiger partial charge in [0.05, 0.1) is 0 Å². The second-order valence-electron chi connectivity index (χ2n) is 5.68. The number of benzene rings is 1. The highest BCUT2D eigenvalue weighted by atomic mass is 16.6. The molecule has 8 nitrogen and oxygen atoms in total. The van der Waals surface area contributed by atoms with E-state index in [1.165, 1.54) is 16.8 Å². The first kappa shape index (κ1) is 17.5. The number of aryl methyl sites for hydroxylation is 2. The molecule has 0 atom stereocenters. The van der Waals surface area contributed by atoms with E-state index in [1.807, 2.05) is 38.1 Å². The molecule has 0 fully saturated rings. The summed E-state index contributed by atoms with van der Waals surface area (Å²) in [7, 11) is 0. The molecule has 0 bridgehead atoms. The smallest absolute Gasteiger partial charge is 0.359 e. The fourth-order valence-electron chi connectivity index (χ4n) is 2.38. The van der Waals surface area contributed by atoms with Crippen molar-refractivity contribution in [2.75, 3.05) is 0 Å². The van der Waals surface area contributed by atoms with Gasteiger partial charge in [0.1, 0.15) is 0 Å². The van der Waals surface area contributed by atoms with Crippen LogP contribution in [0.25, 0.3) is 11.4 Å². The van der Waals surface area contributed by atoms with E-state index < -0.39 is 5.97 Å². The lowest BCUT2D eigenvalue weighted by molar-refractivity contribution is 0.0419. The first-order valence-corrected chi connectivity index (χ1v) is 8.22. The highest BCUT2D eigenvalue weighted by Crippen LogP contribution is 2.20. The van der Waals surface area contributed by atoms with Crippen LogP contribution in [0.5, 0.6) is 0 Å². The van der Waals surface area contributed by atoms with Gasteiger partial charge < -0.3 is 9.26 Å². The number of hydrogen-bond donors (Lipinski definition) is 0. The third-order valence-corrected chi connectivity index (χ3v) is 3.69. The molecule has 2 aromatic heterocycles. The van der Waals surface area contributed by atoms with Crippen molar-refractivity contribution in [3.63, 3.8) is 0 Å². The van der Waals surface area contributed by atoms with E-state index in [1.54, 1.807) is 0 Å². The molecule has 0 aliphatic heterocycles. The third kappa shape index (κ3) is 3.85. The molecule has 0 amide bonds. The minimum Gasteiger partial charge on any atom is -0.451 e. The molecule has 2 heterocycles. The first-order valence-electron chi connectivity index (χ1n) is 8.22. The summed E-state index contributed by atoms with van der Waals surface area (Å²) in [5.41, 5.74) is 1.65. The van der Waals surface area contributed by atoms with Crippen LogP contribution in [0.2, 0.25) is 0 Å². The third-order valence-electron chi connectivity index (χ3n) is 3.69. The van der Waals surface area contributed by atoms with Crippen LogP contribution < -0.4 is 5.56 Å². The lowest BCUT2D eigenvalue weighted by atomic mass is 10.1. The highest BCUT2D eigenvalue weighted by Gasteiger charge is 2.15. The van der Waals surface area contributed by atoms with Crippen molar-refractivity contribution in [2.24, 2.45) is 0 Å². The van der Waals surface area contributed by atoms with Crippen molar-refractivity contribution in [1.29, 1.82) is 0 Å². The standard InChI is InChI=1S/C18H18N4O4/c1-3-10-22-16(23)9-8-14(20-22)18(24)25-11-15-19-17(21-26-15)13-7-5-4-6-12(13)2/h4-9H,3,10-11H2,1-2H3. The van der Waals surface area contributed by atoms with E-state index >= 15 is 0 Å². The van der Waals surface area contributed by atoms with Crippen LogP contribution >= 0.6 is 0 Å². The summed E-state index contributed by atoms with van der Waals surface area (Å²) in [6.07, 6.45) is 0.731. The van der Waals surface area contributed by atoms with Crippen LogP contribution in [0, 0.1) is 6.92 Å². The quantitative estimate of drug-likeness (QED) is 0.626. The summed E-state index contributed by atoms with van der Waals surface area (Å²) in [4.78, 5) is 28.0. The van der Waals surface area contributed by atoms with Crippen molar-refractivity contribution < 1.29 is 14.1 Å². The maximum atomic E-state index is 12.1. The second-order valence-corrected chi connectivity index (χ2v) is 5.68. The Balaban J connectivity index is 1.68. The number of aromatic nitrogens is 4. The Kier molecular flexibility index (Phi) is 5.21. The Morgan fingerprint density at radius 2 is 2.04 bits per heavy atom. The average molecular weight is 354 g/mol. The SMILES string of the molecule is CCCn1nc(C(=O)OCc2nc(-c3ccccc3C)no2)ccc1=O. The minimum absolute atomic E-state index is 0.0525. The van der Waals surface area contributed by atoms with Crippen molar-refractivity contribution >= 4 is 5.97 Å². The van der Waals surface area contributed by atoms with Gasteiger partial charge in [-0.3, -0.25) is 4.79 Å². The Labute approximate surface area is 149 Å². The molecule has 0 saturated heterocycles. The van der Waals surface area contributed by atoms with Gasteiger partial charge in [0, 0.05) is 18.2 Å². The van der Waals surface area contributed by atoms with Gasteiger partial charge in [-0.2, -0.15) is 10.1 Å². The van der Waals surface area contributed by atoms with E-state index in [0.29, 0.717) is 12.4 Å². The summed E-state index contributed by atoms with van der Waals surface area (Å²) in [5, 5.41) is 7.91. The molecule has 0 spiro atoms. The molecule has 0 N–H and O–H groups in total. The topological polar surface area (TPSA) is 100 Å². The molecule has 1 aromatic carbocycles. The minimum atomic E-state index is -0.662. The maximum Gasteiger partial charge on any atom is 0.359 e. The van der Waals surface area contributed by atoms with Crippen LogP contribution in [0.4, 0.5) is 0 Å². The predicted molar refractivity (Wildman–Crippen MR) is 92.4 cm³/mol. The zero-order valence-electron chi connectivity index (χ0n) is 14.5. The lowest BCUT2D eigenvalue weighted by Gasteiger charge is -2.05. The van der Waals surface area contributed by atoms with E-state index in [4.69, 9.17) is 9.26 Å². The monoisotopic (exact) mass is 354 g/mol. The average Bonchev–Trinajstić information content (AvgIpc) is 3.11. The first-order chi connectivity index (χ1) is 12.6. The van der Waals surface area contributed by atoms with Crippen LogP contribution in [0.15, 0.2) is 45.7 Å². The summed E-state index contributed by atoms with van der Waals surface area (Å²) >= 11 is 0. The van der Waals surface area contributed by atoms with E-state index in [2.05, 4.69) is 15.2 Å². The van der Waals surface area contributed by atoms with Crippen molar-refractivity contribution in [1.82, 2.24) is 19.9 Å². The van der Waals surface area contributed by atoms with Gasteiger partial charge >= 0.3 is 5.97 Å². The van der Waals surface area contributed by atoms with Crippen molar-refractivity contribution in [3.05, 3.63) is 63.9 Å². The van der Waals surface area contributed by atoms with Crippen LogP contribution in [0.3, 0.4) is 0 Å². The number of carbonyl (C=O) groups excluding carboxylic acids is 1. The molecule has 0 aliphatic rings. The molecule has 3 aromatic rings. The van der Waals surface area contributed by atoms with Crippen molar-refractivity contribution in [3.8, 4) is 11.4 Å². The number of carbonyl (C=O) groups is 1. The van der Waals surface area contributed by atoms with Gasteiger partial charge in [0.15, 0.2) is 12.3 Å². The number of ether oxygens (including phenoxy) is 1. The van der Waals surface area contributed by atoms with E-state index in [-0.39, 0.29) is 23.8 Å². The van der Waals surface area contributed by atoms with Crippen LogP contribution in [0.1, 0.15) is 35.3 Å². The number of rotatable bonds is 6. The fraction of sp³-hybridized carbons (Fsp3) is 0.278. The molecular weight excluding hydrogens is 336 g/mol. The number of nitrogens with zero attached hydrogens (tertiary/aromatic N) is 4. The lowest BCUT2D eigenvalue weighted by Crippen LogP contribution is -2.24. The van der Waals surface area contributed by atoms with E-state index in [9.17, 15) is 9.59 Å². The number of esters is 1. The summed E-state index contributed by atoms with van der Waals surface area (Å²) in [6.45, 7) is 4.12. The Morgan fingerprint density at radius 3 is 2.81 bits per heavy atom. The predicted octanol–water partition coefficient (Wildman–Crippen LogP) is 2.37. The largest absolute Gasteiger partial charge is 0.451 e. The number of hydrogen-bond acceptors (Lipinski definition) is 7. The zero-order chi connectivity index (χ0) is 18.5. The fourth-order valence-corrected chi connectivity index (χ4v) is 2.38. The molecule has 26 heavy (non-hydrogen) atoms. The van der Waals surface area contributed by atoms with Crippen LogP contribution in [-0.2, 0) is 17.9 Å². The highest BCUT2D eigenvalue weighted by molar-refractivity contribution is 5.86. The van der Waals surface area contributed by atoms with Gasteiger partial charge in [-0.25, -0.2) is 9.48 Å². The molecule has 8 heteroatoms. The maximum absolute atomic E-state index is 12.1. The van der Waals surface area contributed by atoms with Gasteiger partial charge in [0.2, 0.25) is 5.82 Å². The molecule has 0 unspecified atom stereocenters. The molecule has 0 aliphatic carbocycles. The normalized spacial score (nSPS) is 10.7.